The predicted molar refractivity (Wildman–Crippen MR) is 415 cm³/mol. The van der Waals surface area contributed by atoms with Gasteiger partial charge in [0.2, 0.25) is 0 Å². The first-order chi connectivity index (χ1) is 45.4. The lowest BCUT2D eigenvalue weighted by Gasteiger charge is -2.42. The summed E-state index contributed by atoms with van der Waals surface area (Å²) in [6.07, 6.45) is 49.5. The van der Waals surface area contributed by atoms with Gasteiger partial charge in [0.1, 0.15) is 0 Å². The highest BCUT2D eigenvalue weighted by Gasteiger charge is 2.36. The van der Waals surface area contributed by atoms with Crippen molar-refractivity contribution >= 4 is 0 Å². The molecule has 9 saturated carbocycles. The zero-order chi connectivity index (χ0) is 71.1. The van der Waals surface area contributed by atoms with Crippen molar-refractivity contribution in [2.45, 2.75) is 352 Å². The molecule has 9 rings (SSSR count). The van der Waals surface area contributed by atoms with Crippen LogP contribution in [0, 0.1) is 82.9 Å². The first-order valence-corrected chi connectivity index (χ1v) is 40.5. The lowest BCUT2D eigenvalue weighted by atomic mass is 9.66. The average molecular weight is 1350 g/mol. The first-order valence-electron chi connectivity index (χ1n) is 40.5. The maximum Gasteiger partial charge on any atom is 0.00905 e. The minimum atomic E-state index is 0.388. The number of hydrogen-bond acceptors (Lipinski definition) is 18. The summed E-state index contributed by atoms with van der Waals surface area (Å²) < 4.78 is 0. The zero-order valence-electron chi connectivity index (χ0n) is 63.5. The standard InChI is InChI=1S/C17H34N2.C15H30N2.C13H26N2.C8H18N2.2C6H14N2.C6H16N2.C4H12N2.C2H8N2/c1-10-5-14(6-11(2)16(10)18)9-15-7-12(3)17(19)13(4)8-15;1-10-7-12(3-5-14(10)16)9-13-4-6-15(17)11(2)8-13;14-12-5-1-10(2-6-12)9-11-3-7-13(15)8-4-11;9-5-7-2-1-3-8(4-7)6-10;7-5-1-2-6(8)4-3-5;7-5-2-1-3-6(8)4-5;7-5-3-1-2-4-6-8;5-3-1-2-4-6;3-1-2-4/h10-17H,5-9,18-19H2,1-4H3;10-15H,3-9,16-17H2,1-2H3;10-13H,1-9,14-15H2;7-8H,1-6,9-10H2;2*5-6H,1-4,7-8H2;1-8H2;1-6H2;1-4H2. The first kappa shape index (κ1) is 92.3. The summed E-state index contributed by atoms with van der Waals surface area (Å²) in [4.78, 5) is 0. The molecule has 0 saturated heterocycles. The van der Waals surface area contributed by atoms with E-state index in [1.165, 1.54) is 193 Å². The van der Waals surface area contributed by atoms with Gasteiger partial charge in [0, 0.05) is 73.5 Å². The van der Waals surface area contributed by atoms with Crippen molar-refractivity contribution in [3.05, 3.63) is 0 Å². The molecule has 0 amide bonds. The molecule has 0 spiro atoms. The lowest BCUT2D eigenvalue weighted by molar-refractivity contribution is 0.118. The Morgan fingerprint density at radius 1 is 0.211 bits per heavy atom. The van der Waals surface area contributed by atoms with Crippen LogP contribution in [-0.4, -0.2) is 113 Å². The topological polar surface area (TPSA) is 468 Å². The maximum atomic E-state index is 6.26. The molecule has 0 aromatic rings. The molecule has 95 heavy (non-hydrogen) atoms. The van der Waals surface area contributed by atoms with E-state index < -0.39 is 0 Å². The fourth-order valence-electron chi connectivity index (χ4n) is 17.4. The number of unbranched alkanes of at least 4 members (excludes halogenated alkanes) is 4. The third-order valence-corrected chi connectivity index (χ3v) is 24.0. The highest BCUT2D eigenvalue weighted by Crippen LogP contribution is 2.42. The summed E-state index contributed by atoms with van der Waals surface area (Å²) in [5.74, 6) is 11.5. The quantitative estimate of drug-likeness (QED) is 0.0604. The molecule has 0 bridgehead atoms. The van der Waals surface area contributed by atoms with E-state index in [1.807, 2.05) is 0 Å². The van der Waals surface area contributed by atoms with Crippen molar-refractivity contribution in [2.24, 2.45) is 186 Å². The summed E-state index contributed by atoms with van der Waals surface area (Å²) in [7, 11) is 0. The summed E-state index contributed by atoms with van der Waals surface area (Å²) in [6.45, 7) is 20.1. The SMILES string of the molecule is CC1CC(CC2CC(C)C(N)C(C)C2)CC(C)C1N.CC1CC(CC2CCC(N)C(C)C2)CCC1N.NC1CCC(CC2CCC(N)CC2)CC1.NC1CCC(N)CC1.NC1CCCC(N)C1.NCC1CCCC(CN)C1.NCCCCCCN.NCCCCN.NCCN. The molecule has 14 atom stereocenters. The molecule has 18 heteroatoms. The normalized spacial score (nSPS) is 37.8. The molecule has 0 aromatic carbocycles. The minimum Gasteiger partial charge on any atom is -0.330 e. The Morgan fingerprint density at radius 3 is 0.747 bits per heavy atom. The molecule has 14 unspecified atom stereocenters. The molecule has 0 radical (unpaired) electrons. The summed E-state index contributed by atoms with van der Waals surface area (Å²) in [6, 6.07) is 4.43. The van der Waals surface area contributed by atoms with E-state index in [0.29, 0.717) is 97.2 Å². The molecule has 9 aliphatic carbocycles. The summed E-state index contributed by atoms with van der Waals surface area (Å²) in [5, 5.41) is 0. The van der Waals surface area contributed by atoms with Crippen LogP contribution in [0.4, 0.5) is 0 Å². The Kier molecular flexibility index (Phi) is 55.2. The second-order valence-electron chi connectivity index (χ2n) is 33.2. The summed E-state index contributed by atoms with van der Waals surface area (Å²) in [5.41, 5.74) is 101. The van der Waals surface area contributed by atoms with E-state index in [0.717, 1.165) is 156 Å². The zero-order valence-corrected chi connectivity index (χ0v) is 63.5. The van der Waals surface area contributed by atoms with Crippen molar-refractivity contribution in [1.82, 2.24) is 0 Å². The van der Waals surface area contributed by atoms with E-state index in [4.69, 9.17) is 103 Å². The molecule has 36 N–H and O–H groups in total. The molecule has 18 nitrogen and oxygen atoms in total. The Bertz CT molecular complexity index is 1550. The van der Waals surface area contributed by atoms with E-state index in [1.54, 1.807) is 0 Å². The van der Waals surface area contributed by atoms with Gasteiger partial charge < -0.3 is 103 Å². The Morgan fingerprint density at radius 2 is 0.474 bits per heavy atom. The van der Waals surface area contributed by atoms with Crippen LogP contribution in [-0.2, 0) is 0 Å². The van der Waals surface area contributed by atoms with Gasteiger partial charge in [-0.15, -0.1) is 0 Å². The Labute approximate surface area is 588 Å². The predicted octanol–water partition coefficient (Wildman–Crippen LogP) is 8.90. The second kappa shape index (κ2) is 56.8. The van der Waals surface area contributed by atoms with Crippen LogP contribution in [0.2, 0.25) is 0 Å². The summed E-state index contributed by atoms with van der Waals surface area (Å²) >= 11 is 0. The van der Waals surface area contributed by atoms with Crippen LogP contribution in [0.25, 0.3) is 0 Å². The van der Waals surface area contributed by atoms with Gasteiger partial charge in [0.15, 0.2) is 0 Å². The van der Waals surface area contributed by atoms with Crippen LogP contribution < -0.4 is 103 Å². The van der Waals surface area contributed by atoms with Gasteiger partial charge in [0.25, 0.3) is 0 Å². The van der Waals surface area contributed by atoms with E-state index in [9.17, 15) is 0 Å². The van der Waals surface area contributed by atoms with Crippen molar-refractivity contribution in [2.75, 3.05) is 52.4 Å². The fraction of sp³-hybridized carbons (Fsp3) is 1.00. The van der Waals surface area contributed by atoms with Crippen LogP contribution >= 0.6 is 0 Å². The number of nitrogens with two attached hydrogens (primary N) is 18. The minimum absolute atomic E-state index is 0.388. The van der Waals surface area contributed by atoms with Gasteiger partial charge in [-0.1, -0.05) is 67.2 Å². The van der Waals surface area contributed by atoms with Gasteiger partial charge >= 0.3 is 0 Å². The molecule has 0 heterocycles. The number of hydrogen-bond donors (Lipinski definition) is 18. The average Bonchev–Trinajstić information content (AvgIpc) is 0.943. The van der Waals surface area contributed by atoms with Crippen LogP contribution in [0.1, 0.15) is 292 Å². The van der Waals surface area contributed by atoms with Crippen molar-refractivity contribution in [1.29, 1.82) is 0 Å². The van der Waals surface area contributed by atoms with Gasteiger partial charge in [-0.05, 0) is 347 Å². The Hall–Kier alpha value is -0.720. The van der Waals surface area contributed by atoms with Crippen molar-refractivity contribution in [3.8, 4) is 0 Å². The second-order valence-corrected chi connectivity index (χ2v) is 33.2. The van der Waals surface area contributed by atoms with Crippen molar-refractivity contribution in [3.63, 3.8) is 0 Å². The highest BCUT2D eigenvalue weighted by molar-refractivity contribution is 4.91. The van der Waals surface area contributed by atoms with E-state index >= 15 is 0 Å². The molecule has 0 aliphatic heterocycles. The van der Waals surface area contributed by atoms with Gasteiger partial charge in [-0.2, -0.15) is 0 Å². The monoisotopic (exact) mass is 1350 g/mol. The van der Waals surface area contributed by atoms with Crippen LogP contribution in [0.5, 0.6) is 0 Å². The van der Waals surface area contributed by atoms with E-state index in [-0.39, 0.29) is 0 Å². The third-order valence-electron chi connectivity index (χ3n) is 24.0. The molecule has 9 fully saturated rings. The van der Waals surface area contributed by atoms with Crippen LogP contribution in [0.3, 0.4) is 0 Å². The van der Waals surface area contributed by atoms with E-state index in [2.05, 4.69) is 41.5 Å². The smallest absolute Gasteiger partial charge is 0.00905 e. The van der Waals surface area contributed by atoms with Crippen LogP contribution in [0.15, 0.2) is 0 Å². The third kappa shape index (κ3) is 44.4. The highest BCUT2D eigenvalue weighted by atomic mass is 14.7. The van der Waals surface area contributed by atoms with Gasteiger partial charge in [-0.25, -0.2) is 0 Å². The largest absolute Gasteiger partial charge is 0.330 e. The van der Waals surface area contributed by atoms with Crippen molar-refractivity contribution < 1.29 is 0 Å². The Balaban J connectivity index is 0.000000553. The molecular formula is C77H172N18. The number of rotatable bonds is 17. The lowest BCUT2D eigenvalue weighted by Crippen LogP contribution is -2.43. The molecule has 570 valence electrons. The molecule has 9 aliphatic rings. The fourth-order valence-corrected chi connectivity index (χ4v) is 17.4. The molecule has 0 aromatic heterocycles. The molecular weight excluding hydrogens is 1180 g/mol. The maximum absolute atomic E-state index is 6.26. The van der Waals surface area contributed by atoms with Gasteiger partial charge in [0.05, 0.1) is 0 Å². The van der Waals surface area contributed by atoms with Gasteiger partial charge in [-0.3, -0.25) is 0 Å².